The summed E-state index contributed by atoms with van der Waals surface area (Å²) in [7, 11) is 0. The number of benzene rings is 2. The summed E-state index contributed by atoms with van der Waals surface area (Å²) in [4.78, 5) is 13.0. The van der Waals surface area contributed by atoms with Gasteiger partial charge in [-0.1, -0.05) is 57.5 Å². The van der Waals surface area contributed by atoms with E-state index in [9.17, 15) is 4.79 Å². The molecule has 19 heavy (non-hydrogen) atoms. The minimum absolute atomic E-state index is 0.0320. The highest BCUT2D eigenvalue weighted by molar-refractivity contribution is 9.10. The zero-order valence-corrected chi connectivity index (χ0v) is 12.9. The topological polar surface area (TPSA) is 17.1 Å². The third-order valence-corrected chi connectivity index (χ3v) is 3.92. The summed E-state index contributed by atoms with van der Waals surface area (Å²) in [5.41, 5.74) is 1.88. The van der Waals surface area contributed by atoms with E-state index in [4.69, 9.17) is 0 Å². The Kier molecular flexibility index (Phi) is 5.00. The van der Waals surface area contributed by atoms with Crippen molar-refractivity contribution in [3.8, 4) is 0 Å². The van der Waals surface area contributed by atoms with Crippen LogP contribution < -0.4 is 0 Å². The lowest BCUT2D eigenvalue weighted by Gasteiger charge is -1.97. The molecule has 0 bridgehead atoms. The summed E-state index contributed by atoms with van der Waals surface area (Å²) in [5, 5.41) is 1.82. The van der Waals surface area contributed by atoms with Crippen molar-refractivity contribution in [2.45, 2.75) is 11.8 Å². The van der Waals surface area contributed by atoms with Crippen LogP contribution in [0.1, 0.15) is 15.9 Å². The lowest BCUT2D eigenvalue weighted by atomic mass is 10.1. The number of hydrogen-bond donors (Lipinski definition) is 0. The minimum atomic E-state index is 0.0320. The van der Waals surface area contributed by atoms with Gasteiger partial charge >= 0.3 is 0 Å². The van der Waals surface area contributed by atoms with Gasteiger partial charge in [-0.3, -0.25) is 4.79 Å². The largest absolute Gasteiger partial charge is 0.289 e. The lowest BCUT2D eigenvalue weighted by molar-refractivity contribution is 0.104. The zero-order chi connectivity index (χ0) is 13.7. The van der Waals surface area contributed by atoms with E-state index in [1.165, 1.54) is 11.8 Å². The smallest absolute Gasteiger partial charge is 0.186 e. The van der Waals surface area contributed by atoms with E-state index in [2.05, 4.69) is 15.9 Å². The molecule has 0 saturated carbocycles. The summed E-state index contributed by atoms with van der Waals surface area (Å²) in [6.07, 6.45) is 1.61. The molecule has 0 heterocycles. The number of allylic oxidation sites excluding steroid dienone is 1. The molecule has 3 heteroatoms. The van der Waals surface area contributed by atoms with Crippen LogP contribution >= 0.6 is 27.7 Å². The Bertz CT molecular complexity index is 585. The van der Waals surface area contributed by atoms with E-state index < -0.39 is 0 Å². The molecule has 0 aliphatic heterocycles. The van der Waals surface area contributed by atoms with Crippen molar-refractivity contribution in [2.24, 2.45) is 0 Å². The second-order valence-corrected chi connectivity index (χ2v) is 6.00. The Morgan fingerprint density at radius 2 is 1.68 bits per heavy atom. The first kappa shape index (κ1) is 14.1. The molecule has 2 aromatic carbocycles. The highest BCUT2D eigenvalue weighted by Gasteiger charge is 2.00. The number of ketones is 1. The Morgan fingerprint density at radius 3 is 2.32 bits per heavy atom. The SMILES string of the molecule is Cc1ccc(C(=O)C=CSc2ccc(Br)cc2)cc1. The van der Waals surface area contributed by atoms with Crippen molar-refractivity contribution >= 4 is 33.5 Å². The molecule has 0 fully saturated rings. The van der Waals surface area contributed by atoms with Crippen LogP contribution in [0.2, 0.25) is 0 Å². The molecule has 96 valence electrons. The normalized spacial score (nSPS) is 10.8. The summed E-state index contributed by atoms with van der Waals surface area (Å²) >= 11 is 4.92. The van der Waals surface area contributed by atoms with Gasteiger partial charge in [-0.25, -0.2) is 0 Å². The predicted octanol–water partition coefficient (Wildman–Crippen LogP) is 5.25. The third kappa shape index (κ3) is 4.37. The quantitative estimate of drug-likeness (QED) is 0.432. The summed E-state index contributed by atoms with van der Waals surface area (Å²) in [6, 6.07) is 15.6. The molecule has 0 atom stereocenters. The number of carbonyl (C=O) groups is 1. The van der Waals surface area contributed by atoms with Crippen LogP contribution in [0, 0.1) is 6.92 Å². The van der Waals surface area contributed by atoms with Crippen molar-refractivity contribution in [3.05, 3.63) is 75.6 Å². The molecule has 0 aliphatic carbocycles. The van der Waals surface area contributed by atoms with Gasteiger partial charge in [0.1, 0.15) is 0 Å². The maximum atomic E-state index is 11.9. The first-order valence-corrected chi connectivity index (χ1v) is 7.52. The monoisotopic (exact) mass is 332 g/mol. The standard InChI is InChI=1S/C16H13BrOS/c1-12-2-4-13(5-3-12)16(18)10-11-19-15-8-6-14(17)7-9-15/h2-11H,1H3. The number of rotatable bonds is 4. The van der Waals surface area contributed by atoms with Gasteiger partial charge in [-0.2, -0.15) is 0 Å². The maximum absolute atomic E-state index is 11.9. The van der Waals surface area contributed by atoms with Gasteiger partial charge in [0.2, 0.25) is 0 Å². The molecule has 0 aliphatic rings. The second kappa shape index (κ2) is 6.73. The molecule has 2 aromatic rings. The maximum Gasteiger partial charge on any atom is 0.186 e. The van der Waals surface area contributed by atoms with E-state index in [1.807, 2.05) is 60.9 Å². The molecule has 0 saturated heterocycles. The van der Waals surface area contributed by atoms with Crippen molar-refractivity contribution in [1.29, 1.82) is 0 Å². The van der Waals surface area contributed by atoms with E-state index in [0.717, 1.165) is 20.5 Å². The van der Waals surface area contributed by atoms with Gasteiger partial charge in [-0.05, 0) is 42.7 Å². The molecule has 0 unspecified atom stereocenters. The van der Waals surface area contributed by atoms with Crippen LogP contribution in [0.3, 0.4) is 0 Å². The molecule has 0 N–H and O–H groups in total. The average Bonchev–Trinajstić information content (AvgIpc) is 2.41. The first-order valence-electron chi connectivity index (χ1n) is 5.85. The Labute approximate surface area is 125 Å². The molecular formula is C16H13BrOS. The number of carbonyl (C=O) groups excluding carboxylic acids is 1. The van der Waals surface area contributed by atoms with Crippen LogP contribution in [0.5, 0.6) is 0 Å². The number of thioether (sulfide) groups is 1. The third-order valence-electron chi connectivity index (χ3n) is 2.57. The highest BCUT2D eigenvalue weighted by Crippen LogP contribution is 2.21. The summed E-state index contributed by atoms with van der Waals surface area (Å²) in [5.74, 6) is 0.0320. The molecular weight excluding hydrogens is 320 g/mol. The van der Waals surface area contributed by atoms with Gasteiger partial charge < -0.3 is 0 Å². The van der Waals surface area contributed by atoms with Crippen molar-refractivity contribution in [2.75, 3.05) is 0 Å². The zero-order valence-electron chi connectivity index (χ0n) is 10.5. The van der Waals surface area contributed by atoms with Crippen LogP contribution in [0.4, 0.5) is 0 Å². The Balaban J connectivity index is 1.97. The molecule has 0 spiro atoms. The lowest BCUT2D eigenvalue weighted by Crippen LogP contribution is -1.93. The van der Waals surface area contributed by atoms with Crippen LogP contribution in [0.15, 0.2) is 69.4 Å². The molecule has 0 radical (unpaired) electrons. The average molecular weight is 333 g/mol. The molecule has 0 aromatic heterocycles. The predicted molar refractivity (Wildman–Crippen MR) is 84.6 cm³/mol. The van der Waals surface area contributed by atoms with E-state index in [1.54, 1.807) is 6.08 Å². The van der Waals surface area contributed by atoms with Gasteiger partial charge in [0.15, 0.2) is 5.78 Å². The van der Waals surface area contributed by atoms with E-state index in [0.29, 0.717) is 0 Å². The number of hydrogen-bond acceptors (Lipinski definition) is 2. The van der Waals surface area contributed by atoms with Gasteiger partial charge in [-0.15, -0.1) is 0 Å². The Hall–Kier alpha value is -1.32. The van der Waals surface area contributed by atoms with E-state index >= 15 is 0 Å². The first-order chi connectivity index (χ1) is 9.15. The fourth-order valence-corrected chi connectivity index (χ4v) is 2.41. The number of halogens is 1. The van der Waals surface area contributed by atoms with Gasteiger partial charge in [0.25, 0.3) is 0 Å². The molecule has 0 amide bonds. The van der Waals surface area contributed by atoms with Crippen molar-refractivity contribution in [3.63, 3.8) is 0 Å². The minimum Gasteiger partial charge on any atom is -0.289 e. The van der Waals surface area contributed by atoms with Gasteiger partial charge in [0.05, 0.1) is 0 Å². The molecule has 1 nitrogen and oxygen atoms in total. The summed E-state index contributed by atoms with van der Waals surface area (Å²) in [6.45, 7) is 2.01. The Morgan fingerprint density at radius 1 is 1.05 bits per heavy atom. The highest BCUT2D eigenvalue weighted by atomic mass is 79.9. The van der Waals surface area contributed by atoms with Gasteiger partial charge in [0, 0.05) is 14.9 Å². The van der Waals surface area contributed by atoms with Crippen LogP contribution in [-0.4, -0.2) is 5.78 Å². The van der Waals surface area contributed by atoms with Crippen molar-refractivity contribution < 1.29 is 4.79 Å². The summed E-state index contributed by atoms with van der Waals surface area (Å²) < 4.78 is 1.05. The van der Waals surface area contributed by atoms with E-state index in [-0.39, 0.29) is 5.78 Å². The van der Waals surface area contributed by atoms with Crippen LogP contribution in [0.25, 0.3) is 0 Å². The fourth-order valence-electron chi connectivity index (χ4n) is 1.50. The fraction of sp³-hybridized carbons (Fsp3) is 0.0625. The van der Waals surface area contributed by atoms with Crippen LogP contribution in [-0.2, 0) is 0 Å². The van der Waals surface area contributed by atoms with Crippen molar-refractivity contribution in [1.82, 2.24) is 0 Å². The number of aryl methyl sites for hydroxylation is 1. The molecule has 2 rings (SSSR count). The second-order valence-electron chi connectivity index (χ2n) is 4.10.